The summed E-state index contributed by atoms with van der Waals surface area (Å²) in [4.78, 5) is 14.6. The van der Waals surface area contributed by atoms with Gasteiger partial charge in [-0.3, -0.25) is 10.1 Å². The molecule has 0 spiro atoms. The number of hydrogen-bond donors (Lipinski definition) is 0. The van der Waals surface area contributed by atoms with Gasteiger partial charge in [0.1, 0.15) is 5.82 Å². The second-order valence-corrected chi connectivity index (χ2v) is 4.69. The summed E-state index contributed by atoms with van der Waals surface area (Å²) < 4.78 is 18.1. The highest BCUT2D eigenvalue weighted by atomic mass is 19.1. The summed E-state index contributed by atoms with van der Waals surface area (Å²) in [6, 6.07) is 10.3. The molecule has 0 aliphatic heterocycles. The van der Waals surface area contributed by atoms with Crippen molar-refractivity contribution in [2.24, 2.45) is 0 Å². The highest BCUT2D eigenvalue weighted by molar-refractivity contribution is 5.62. The van der Waals surface area contributed by atoms with E-state index in [4.69, 9.17) is 4.52 Å². The van der Waals surface area contributed by atoms with Crippen LogP contribution in [-0.4, -0.2) is 15.1 Å². The zero-order valence-electron chi connectivity index (χ0n) is 11.5. The molecule has 3 rings (SSSR count). The molecule has 7 heteroatoms. The van der Waals surface area contributed by atoms with Crippen LogP contribution in [0.15, 0.2) is 47.0 Å². The van der Waals surface area contributed by atoms with E-state index in [-0.39, 0.29) is 17.4 Å². The third kappa shape index (κ3) is 2.56. The lowest BCUT2D eigenvalue weighted by Crippen LogP contribution is -1.91. The van der Waals surface area contributed by atoms with Crippen molar-refractivity contribution in [3.8, 4) is 22.8 Å². The lowest BCUT2D eigenvalue weighted by Gasteiger charge is -1.98. The minimum absolute atomic E-state index is 0.0297. The largest absolute Gasteiger partial charge is 0.334 e. The molecule has 2 aromatic carbocycles. The van der Waals surface area contributed by atoms with Gasteiger partial charge >= 0.3 is 0 Å². The zero-order valence-corrected chi connectivity index (χ0v) is 11.5. The topological polar surface area (TPSA) is 82.1 Å². The number of aromatic nitrogens is 2. The molecule has 1 heterocycles. The van der Waals surface area contributed by atoms with Crippen LogP contribution in [0.5, 0.6) is 0 Å². The molecule has 0 saturated heterocycles. The standard InChI is InChI=1S/C15H10FN3O3/c1-9-8-11(4-7-13(9)19(20)21)15-17-14(18-22-15)10-2-5-12(16)6-3-10/h2-8H,1H3. The molecule has 0 unspecified atom stereocenters. The van der Waals surface area contributed by atoms with Crippen molar-refractivity contribution in [1.29, 1.82) is 0 Å². The van der Waals surface area contributed by atoms with E-state index in [0.717, 1.165) is 0 Å². The van der Waals surface area contributed by atoms with Crippen LogP contribution in [0.25, 0.3) is 22.8 Å². The van der Waals surface area contributed by atoms with Gasteiger partial charge in [-0.2, -0.15) is 4.98 Å². The molecule has 3 aromatic rings. The molecule has 0 bridgehead atoms. The van der Waals surface area contributed by atoms with Gasteiger partial charge in [-0.25, -0.2) is 4.39 Å². The summed E-state index contributed by atoms with van der Waals surface area (Å²) in [5, 5.41) is 14.6. The van der Waals surface area contributed by atoms with Crippen molar-refractivity contribution in [2.45, 2.75) is 6.92 Å². The van der Waals surface area contributed by atoms with Crippen LogP contribution in [0, 0.1) is 22.9 Å². The lowest BCUT2D eigenvalue weighted by atomic mass is 10.1. The van der Waals surface area contributed by atoms with Crippen molar-refractivity contribution in [2.75, 3.05) is 0 Å². The van der Waals surface area contributed by atoms with Gasteiger partial charge in [0, 0.05) is 22.8 Å². The van der Waals surface area contributed by atoms with E-state index in [1.54, 1.807) is 31.2 Å². The first-order valence-corrected chi connectivity index (χ1v) is 6.39. The van der Waals surface area contributed by atoms with Gasteiger partial charge in [-0.05, 0) is 43.3 Å². The molecule has 6 nitrogen and oxygen atoms in total. The number of nitro groups is 1. The van der Waals surface area contributed by atoms with Crippen LogP contribution in [0.1, 0.15) is 5.56 Å². The fourth-order valence-corrected chi connectivity index (χ4v) is 2.05. The zero-order chi connectivity index (χ0) is 15.7. The predicted octanol–water partition coefficient (Wildman–Crippen LogP) is 3.76. The highest BCUT2D eigenvalue weighted by Gasteiger charge is 2.15. The highest BCUT2D eigenvalue weighted by Crippen LogP contribution is 2.26. The van der Waals surface area contributed by atoms with Crippen LogP contribution in [-0.2, 0) is 0 Å². The first kappa shape index (κ1) is 13.9. The second-order valence-electron chi connectivity index (χ2n) is 4.69. The Morgan fingerprint density at radius 3 is 2.45 bits per heavy atom. The maximum atomic E-state index is 12.9. The first-order valence-electron chi connectivity index (χ1n) is 6.39. The van der Waals surface area contributed by atoms with E-state index < -0.39 is 4.92 Å². The Balaban J connectivity index is 1.95. The van der Waals surface area contributed by atoms with E-state index in [1.807, 2.05) is 0 Å². The van der Waals surface area contributed by atoms with Gasteiger partial charge in [0.05, 0.1) is 4.92 Å². The van der Waals surface area contributed by atoms with Crippen LogP contribution in [0.4, 0.5) is 10.1 Å². The third-order valence-corrected chi connectivity index (χ3v) is 3.17. The molecule has 0 aliphatic rings. The van der Waals surface area contributed by atoms with E-state index in [1.165, 1.54) is 18.2 Å². The molecule has 0 radical (unpaired) electrons. The fraction of sp³-hybridized carbons (Fsp3) is 0.0667. The molecular weight excluding hydrogens is 289 g/mol. The molecule has 0 amide bonds. The number of rotatable bonds is 3. The van der Waals surface area contributed by atoms with Gasteiger partial charge in [0.25, 0.3) is 11.6 Å². The number of halogens is 1. The normalized spacial score (nSPS) is 10.6. The maximum Gasteiger partial charge on any atom is 0.272 e. The molecule has 1 aromatic heterocycles. The van der Waals surface area contributed by atoms with Crippen molar-refractivity contribution in [3.63, 3.8) is 0 Å². The number of benzene rings is 2. The molecule has 0 saturated carbocycles. The predicted molar refractivity (Wildman–Crippen MR) is 76.5 cm³/mol. The summed E-state index contributed by atoms with van der Waals surface area (Å²) in [6.07, 6.45) is 0. The van der Waals surface area contributed by atoms with E-state index >= 15 is 0 Å². The molecule has 22 heavy (non-hydrogen) atoms. The smallest absolute Gasteiger partial charge is 0.272 e. The number of nitro benzene ring substituents is 1. The summed E-state index contributed by atoms with van der Waals surface area (Å²) in [7, 11) is 0. The van der Waals surface area contributed by atoms with E-state index in [9.17, 15) is 14.5 Å². The van der Waals surface area contributed by atoms with Crippen LogP contribution in [0.3, 0.4) is 0 Å². The molecule has 0 atom stereocenters. The average Bonchev–Trinajstić information content (AvgIpc) is 2.97. The van der Waals surface area contributed by atoms with Crippen LogP contribution in [0.2, 0.25) is 0 Å². The Hall–Kier alpha value is -3.09. The Morgan fingerprint density at radius 2 is 1.82 bits per heavy atom. The fourth-order valence-electron chi connectivity index (χ4n) is 2.05. The Labute approximate surface area is 124 Å². The van der Waals surface area contributed by atoms with Gasteiger partial charge < -0.3 is 4.52 Å². The molecular formula is C15H10FN3O3. The molecule has 110 valence electrons. The van der Waals surface area contributed by atoms with Crippen molar-refractivity contribution in [3.05, 3.63) is 64.0 Å². The third-order valence-electron chi connectivity index (χ3n) is 3.17. The van der Waals surface area contributed by atoms with E-state index in [2.05, 4.69) is 10.1 Å². The number of nitrogens with zero attached hydrogens (tertiary/aromatic N) is 3. The molecule has 0 N–H and O–H groups in total. The molecule has 0 fully saturated rings. The summed E-state index contributed by atoms with van der Waals surface area (Å²) >= 11 is 0. The number of aryl methyl sites for hydroxylation is 1. The second kappa shape index (κ2) is 5.36. The Morgan fingerprint density at radius 1 is 1.14 bits per heavy atom. The number of hydrogen-bond acceptors (Lipinski definition) is 5. The average molecular weight is 299 g/mol. The van der Waals surface area contributed by atoms with Crippen LogP contribution < -0.4 is 0 Å². The van der Waals surface area contributed by atoms with Gasteiger partial charge in [-0.1, -0.05) is 5.16 Å². The lowest BCUT2D eigenvalue weighted by molar-refractivity contribution is -0.385. The maximum absolute atomic E-state index is 12.9. The summed E-state index contributed by atoms with van der Waals surface area (Å²) in [6.45, 7) is 1.64. The van der Waals surface area contributed by atoms with Crippen molar-refractivity contribution >= 4 is 5.69 Å². The SMILES string of the molecule is Cc1cc(-c2nc(-c3ccc(F)cc3)no2)ccc1[N+](=O)[O-]. The Bertz CT molecular complexity index is 843. The van der Waals surface area contributed by atoms with Crippen LogP contribution >= 0.6 is 0 Å². The summed E-state index contributed by atoms with van der Waals surface area (Å²) in [5.41, 5.74) is 1.74. The van der Waals surface area contributed by atoms with E-state index in [0.29, 0.717) is 22.5 Å². The van der Waals surface area contributed by atoms with Gasteiger partial charge in [-0.15, -0.1) is 0 Å². The Kier molecular flexibility index (Phi) is 3.38. The quantitative estimate of drug-likeness (QED) is 0.543. The van der Waals surface area contributed by atoms with Gasteiger partial charge in [0.15, 0.2) is 0 Å². The minimum Gasteiger partial charge on any atom is -0.334 e. The monoisotopic (exact) mass is 299 g/mol. The summed E-state index contributed by atoms with van der Waals surface area (Å²) in [5.74, 6) is 0.224. The van der Waals surface area contributed by atoms with Gasteiger partial charge in [0.2, 0.25) is 5.82 Å². The first-order chi connectivity index (χ1) is 10.5. The molecule has 0 aliphatic carbocycles. The van der Waals surface area contributed by atoms with Crippen molar-refractivity contribution < 1.29 is 13.8 Å². The minimum atomic E-state index is -0.448. The van der Waals surface area contributed by atoms with Crippen molar-refractivity contribution in [1.82, 2.24) is 10.1 Å².